The average molecular weight is 254 g/mol. The summed E-state index contributed by atoms with van der Waals surface area (Å²) in [5.41, 5.74) is 2.23. The highest BCUT2D eigenvalue weighted by Gasteiger charge is 2.36. The van der Waals surface area contributed by atoms with E-state index in [-0.39, 0.29) is 5.78 Å². The van der Waals surface area contributed by atoms with Crippen LogP contribution in [0.4, 0.5) is 0 Å². The summed E-state index contributed by atoms with van der Waals surface area (Å²) >= 11 is 0. The summed E-state index contributed by atoms with van der Waals surface area (Å²) in [5, 5.41) is 10.2. The maximum atomic E-state index is 12.2. The number of ether oxygens (including phenoxy) is 1. The van der Waals surface area contributed by atoms with E-state index >= 15 is 0 Å². The Morgan fingerprint density at radius 3 is 2.58 bits per heavy atom. The molecule has 0 spiro atoms. The van der Waals surface area contributed by atoms with Gasteiger partial charge in [-0.15, -0.1) is 0 Å². The molecule has 3 nitrogen and oxygen atoms in total. The highest BCUT2D eigenvalue weighted by Crippen LogP contribution is 2.35. The molecule has 2 atom stereocenters. The molecule has 2 aromatic rings. The molecule has 96 valence electrons. The van der Waals surface area contributed by atoms with Gasteiger partial charge < -0.3 is 9.84 Å². The zero-order chi connectivity index (χ0) is 13.4. The van der Waals surface area contributed by atoms with Crippen molar-refractivity contribution < 1.29 is 14.6 Å². The first-order valence-electron chi connectivity index (χ1n) is 6.21. The Kier molecular flexibility index (Phi) is 2.84. The smallest absolute Gasteiger partial charge is 0.199 e. The molecule has 2 aromatic carbocycles. The first-order valence-corrected chi connectivity index (χ1v) is 6.21. The van der Waals surface area contributed by atoms with Gasteiger partial charge in [0.15, 0.2) is 18.0 Å². The van der Waals surface area contributed by atoms with Crippen LogP contribution in [0.2, 0.25) is 0 Å². The van der Waals surface area contributed by atoms with Crippen LogP contribution in [0.25, 0.3) is 0 Å². The molecule has 0 amide bonds. The quantitative estimate of drug-likeness (QED) is 0.851. The molecule has 1 aliphatic rings. The molecule has 0 unspecified atom stereocenters. The number of rotatable bonds is 1. The van der Waals surface area contributed by atoms with Crippen molar-refractivity contribution >= 4 is 5.78 Å². The number of carbonyl (C=O) groups excluding carboxylic acids is 1. The molecule has 1 aliphatic heterocycles. The Labute approximate surface area is 111 Å². The average Bonchev–Trinajstić information content (AvgIpc) is 2.44. The summed E-state index contributed by atoms with van der Waals surface area (Å²) in [5.74, 6) is 0.258. The van der Waals surface area contributed by atoms with Crippen LogP contribution >= 0.6 is 0 Å². The van der Waals surface area contributed by atoms with Gasteiger partial charge in [0.25, 0.3) is 0 Å². The predicted octanol–water partition coefficient (Wildman–Crippen LogP) is 2.67. The van der Waals surface area contributed by atoms with Crippen molar-refractivity contribution in [3.8, 4) is 5.75 Å². The zero-order valence-corrected chi connectivity index (χ0v) is 10.5. The first kappa shape index (κ1) is 11.9. The van der Waals surface area contributed by atoms with Crippen molar-refractivity contribution in [1.82, 2.24) is 0 Å². The molecule has 0 saturated carbocycles. The fourth-order valence-electron chi connectivity index (χ4n) is 2.33. The minimum Gasteiger partial charge on any atom is -0.482 e. The fraction of sp³-hybridized carbons (Fsp3) is 0.188. The Bertz CT molecular complexity index is 619. The van der Waals surface area contributed by atoms with Gasteiger partial charge in [-0.1, -0.05) is 42.0 Å². The molecule has 19 heavy (non-hydrogen) atoms. The van der Waals surface area contributed by atoms with Gasteiger partial charge in [-0.25, -0.2) is 0 Å². The van der Waals surface area contributed by atoms with Gasteiger partial charge in [0.1, 0.15) is 5.75 Å². The van der Waals surface area contributed by atoms with E-state index in [1.807, 2.05) is 43.3 Å². The second kappa shape index (κ2) is 4.52. The number of aliphatic hydroxyl groups excluding tert-OH is 1. The van der Waals surface area contributed by atoms with Crippen LogP contribution in [0, 0.1) is 6.92 Å². The van der Waals surface area contributed by atoms with Crippen LogP contribution in [-0.2, 0) is 0 Å². The molecule has 1 heterocycles. The number of ketones is 1. The Morgan fingerprint density at radius 2 is 1.84 bits per heavy atom. The summed E-state index contributed by atoms with van der Waals surface area (Å²) in [6.07, 6.45) is -1.79. The van der Waals surface area contributed by atoms with Gasteiger partial charge in [-0.05, 0) is 24.6 Å². The van der Waals surface area contributed by atoms with Gasteiger partial charge in [-0.3, -0.25) is 4.79 Å². The maximum absolute atomic E-state index is 12.2. The lowest BCUT2D eigenvalue weighted by atomic mass is 9.93. The maximum Gasteiger partial charge on any atom is 0.199 e. The van der Waals surface area contributed by atoms with Crippen LogP contribution in [-0.4, -0.2) is 17.0 Å². The standard InChI is InChI=1S/C16H14O3/c1-10-7-8-13-12(9-10)14(17)15(18)16(19-13)11-5-3-2-4-6-11/h2-9,15-16,18H,1H3/t15-,16-/m1/s1. The third-order valence-electron chi connectivity index (χ3n) is 3.34. The van der Waals surface area contributed by atoms with Crippen molar-refractivity contribution in [2.75, 3.05) is 0 Å². The largest absolute Gasteiger partial charge is 0.482 e. The van der Waals surface area contributed by atoms with Gasteiger partial charge in [0.2, 0.25) is 0 Å². The summed E-state index contributed by atoms with van der Waals surface area (Å²) in [7, 11) is 0. The third kappa shape index (κ3) is 2.02. The van der Waals surface area contributed by atoms with Crippen LogP contribution in [0.15, 0.2) is 48.5 Å². The first-order chi connectivity index (χ1) is 9.16. The molecule has 0 fully saturated rings. The molecular weight excluding hydrogens is 240 g/mol. The summed E-state index contributed by atoms with van der Waals surface area (Å²) in [4.78, 5) is 12.2. The van der Waals surface area contributed by atoms with Crippen molar-refractivity contribution in [3.05, 3.63) is 65.2 Å². The van der Waals surface area contributed by atoms with Gasteiger partial charge in [0, 0.05) is 0 Å². The highest BCUT2D eigenvalue weighted by atomic mass is 16.5. The topological polar surface area (TPSA) is 46.5 Å². The molecule has 1 N–H and O–H groups in total. The Balaban J connectivity index is 2.04. The number of fused-ring (bicyclic) bond motifs is 1. The number of aliphatic hydroxyl groups is 1. The number of benzene rings is 2. The van der Waals surface area contributed by atoms with Crippen molar-refractivity contribution in [3.63, 3.8) is 0 Å². The van der Waals surface area contributed by atoms with E-state index < -0.39 is 12.2 Å². The monoisotopic (exact) mass is 254 g/mol. The van der Waals surface area contributed by atoms with Gasteiger partial charge >= 0.3 is 0 Å². The summed E-state index contributed by atoms with van der Waals surface area (Å²) < 4.78 is 5.78. The number of carbonyl (C=O) groups is 1. The van der Waals surface area contributed by atoms with E-state index in [0.29, 0.717) is 11.3 Å². The zero-order valence-electron chi connectivity index (χ0n) is 10.5. The van der Waals surface area contributed by atoms with Crippen LogP contribution in [0.3, 0.4) is 0 Å². The van der Waals surface area contributed by atoms with E-state index in [9.17, 15) is 9.90 Å². The normalized spacial score (nSPS) is 21.7. The number of Topliss-reactive ketones (excluding diaryl/α,β-unsaturated/α-hetero) is 1. The number of hydrogen-bond acceptors (Lipinski definition) is 3. The molecule has 3 rings (SSSR count). The van der Waals surface area contributed by atoms with Gasteiger partial charge in [0.05, 0.1) is 5.56 Å². The highest BCUT2D eigenvalue weighted by molar-refractivity contribution is 6.03. The lowest BCUT2D eigenvalue weighted by Gasteiger charge is -2.29. The molecule has 0 aromatic heterocycles. The second-order valence-corrected chi connectivity index (χ2v) is 4.76. The minimum absolute atomic E-state index is 0.279. The molecule has 0 radical (unpaired) electrons. The Hall–Kier alpha value is -2.13. The second-order valence-electron chi connectivity index (χ2n) is 4.76. The fourth-order valence-corrected chi connectivity index (χ4v) is 2.33. The molecule has 0 bridgehead atoms. The molecular formula is C16H14O3. The SMILES string of the molecule is Cc1ccc2c(c1)C(=O)[C@@H](O)[C@@H](c1ccccc1)O2. The van der Waals surface area contributed by atoms with Crippen LogP contribution in [0.5, 0.6) is 5.75 Å². The molecule has 0 aliphatic carbocycles. The van der Waals surface area contributed by atoms with Gasteiger partial charge in [-0.2, -0.15) is 0 Å². The lowest BCUT2D eigenvalue weighted by Crippen LogP contribution is -2.36. The Morgan fingerprint density at radius 1 is 1.11 bits per heavy atom. The van der Waals surface area contributed by atoms with Crippen LogP contribution in [0.1, 0.15) is 27.6 Å². The molecule has 3 heteroatoms. The number of aryl methyl sites for hydroxylation is 1. The van der Waals surface area contributed by atoms with E-state index in [0.717, 1.165) is 11.1 Å². The summed E-state index contributed by atoms with van der Waals surface area (Å²) in [6, 6.07) is 14.7. The third-order valence-corrected chi connectivity index (χ3v) is 3.34. The van der Waals surface area contributed by atoms with E-state index in [2.05, 4.69) is 0 Å². The van der Waals surface area contributed by atoms with Crippen molar-refractivity contribution in [2.45, 2.75) is 19.1 Å². The number of hydrogen-bond donors (Lipinski definition) is 1. The van der Waals surface area contributed by atoms with Crippen molar-refractivity contribution in [2.24, 2.45) is 0 Å². The van der Waals surface area contributed by atoms with E-state index in [4.69, 9.17) is 4.74 Å². The van der Waals surface area contributed by atoms with Crippen LogP contribution < -0.4 is 4.74 Å². The van der Waals surface area contributed by atoms with E-state index in [1.54, 1.807) is 12.1 Å². The van der Waals surface area contributed by atoms with E-state index in [1.165, 1.54) is 0 Å². The van der Waals surface area contributed by atoms with Crippen molar-refractivity contribution in [1.29, 1.82) is 0 Å². The molecule has 0 saturated heterocycles. The summed E-state index contributed by atoms with van der Waals surface area (Å²) in [6.45, 7) is 1.91. The minimum atomic E-state index is -1.16. The lowest BCUT2D eigenvalue weighted by molar-refractivity contribution is 0.0216. The predicted molar refractivity (Wildman–Crippen MR) is 71.3 cm³/mol.